The van der Waals surface area contributed by atoms with Crippen molar-refractivity contribution >= 4 is 6.03 Å². The van der Waals surface area contributed by atoms with Gasteiger partial charge in [0.1, 0.15) is 13.2 Å². The molecule has 2 amide bonds. The molecule has 0 bridgehead atoms. The van der Waals surface area contributed by atoms with E-state index in [1.54, 1.807) is 0 Å². The van der Waals surface area contributed by atoms with Crippen LogP contribution in [0, 0.1) is 0 Å². The monoisotopic (exact) mass is 320 g/mol. The molecule has 2 aliphatic heterocycles. The molecule has 0 saturated carbocycles. The second-order valence-electron chi connectivity index (χ2n) is 5.97. The average molecular weight is 320 g/mol. The molecule has 0 aliphatic carbocycles. The van der Waals surface area contributed by atoms with Gasteiger partial charge in [0.05, 0.1) is 12.1 Å². The lowest BCUT2D eigenvalue weighted by molar-refractivity contribution is 0.0860. The van der Waals surface area contributed by atoms with E-state index < -0.39 is 0 Å². The van der Waals surface area contributed by atoms with Crippen molar-refractivity contribution in [1.82, 2.24) is 10.6 Å². The zero-order valence-corrected chi connectivity index (χ0v) is 13.5. The number of carbonyl (C=O) groups is 1. The minimum absolute atomic E-state index is 0.0341. The zero-order chi connectivity index (χ0) is 16.1. The number of amides is 2. The van der Waals surface area contributed by atoms with Crippen molar-refractivity contribution in [2.45, 2.75) is 38.3 Å². The van der Waals surface area contributed by atoms with Gasteiger partial charge in [0.25, 0.3) is 0 Å². The third-order valence-corrected chi connectivity index (χ3v) is 4.19. The van der Waals surface area contributed by atoms with Gasteiger partial charge in [-0.2, -0.15) is 0 Å². The first-order valence-corrected chi connectivity index (χ1v) is 8.27. The molecule has 2 N–H and O–H groups in total. The molecular weight excluding hydrogens is 296 g/mol. The van der Waals surface area contributed by atoms with Crippen LogP contribution < -0.4 is 20.1 Å². The fourth-order valence-electron chi connectivity index (χ4n) is 2.91. The Morgan fingerprint density at radius 2 is 2.09 bits per heavy atom. The molecule has 0 spiro atoms. The standard InChI is InChI=1S/C17H24N2O4/c1-12(14-3-2-8-21-14)19-17(20)18-7-6-13-4-5-15-16(11-13)23-10-9-22-15/h4-5,11-12,14H,2-3,6-10H2,1H3,(H2,18,19,20)/t12-,14-/m0/s1. The summed E-state index contributed by atoms with van der Waals surface area (Å²) in [6, 6.07) is 5.78. The number of benzene rings is 1. The molecule has 3 rings (SSSR count). The third-order valence-electron chi connectivity index (χ3n) is 4.19. The predicted molar refractivity (Wildman–Crippen MR) is 86.1 cm³/mol. The molecule has 1 aromatic rings. The first-order valence-electron chi connectivity index (χ1n) is 8.27. The summed E-state index contributed by atoms with van der Waals surface area (Å²) in [5, 5.41) is 5.83. The van der Waals surface area contributed by atoms with Crippen LogP contribution in [0.3, 0.4) is 0 Å². The summed E-state index contributed by atoms with van der Waals surface area (Å²) in [6.07, 6.45) is 2.97. The summed E-state index contributed by atoms with van der Waals surface area (Å²) in [5.74, 6) is 1.57. The van der Waals surface area contributed by atoms with Crippen LogP contribution >= 0.6 is 0 Å². The van der Waals surface area contributed by atoms with Gasteiger partial charge in [0, 0.05) is 13.2 Å². The van der Waals surface area contributed by atoms with Crippen LogP contribution in [0.5, 0.6) is 11.5 Å². The molecule has 1 fully saturated rings. The second kappa shape index (κ2) is 7.55. The van der Waals surface area contributed by atoms with E-state index in [4.69, 9.17) is 14.2 Å². The highest BCUT2D eigenvalue weighted by Crippen LogP contribution is 2.30. The van der Waals surface area contributed by atoms with Crippen molar-refractivity contribution < 1.29 is 19.0 Å². The van der Waals surface area contributed by atoms with Crippen molar-refractivity contribution in [3.8, 4) is 11.5 Å². The molecule has 1 saturated heterocycles. The highest BCUT2D eigenvalue weighted by molar-refractivity contribution is 5.74. The summed E-state index contributed by atoms with van der Waals surface area (Å²) in [6.45, 7) is 4.53. The number of urea groups is 1. The number of hydrogen-bond donors (Lipinski definition) is 2. The lowest BCUT2D eigenvalue weighted by atomic mass is 10.1. The second-order valence-corrected chi connectivity index (χ2v) is 5.97. The van der Waals surface area contributed by atoms with Crippen molar-refractivity contribution in [1.29, 1.82) is 0 Å². The van der Waals surface area contributed by atoms with Gasteiger partial charge < -0.3 is 24.8 Å². The molecule has 2 atom stereocenters. The number of ether oxygens (including phenoxy) is 3. The van der Waals surface area contributed by atoms with Crippen molar-refractivity contribution in [3.05, 3.63) is 23.8 Å². The SMILES string of the molecule is C[C@H](NC(=O)NCCc1ccc2c(c1)OCCO2)[C@@H]1CCCO1. The largest absolute Gasteiger partial charge is 0.486 e. The summed E-state index contributed by atoms with van der Waals surface area (Å²) in [7, 11) is 0. The Kier molecular flexibility index (Phi) is 5.23. The number of rotatable bonds is 5. The summed E-state index contributed by atoms with van der Waals surface area (Å²) in [5.41, 5.74) is 1.11. The Bertz CT molecular complexity index is 543. The van der Waals surface area contributed by atoms with Crippen LogP contribution in [-0.2, 0) is 11.2 Å². The van der Waals surface area contributed by atoms with E-state index in [0.29, 0.717) is 19.8 Å². The molecule has 1 aromatic carbocycles. The lowest BCUT2D eigenvalue weighted by Gasteiger charge is -2.20. The van der Waals surface area contributed by atoms with Gasteiger partial charge in [-0.25, -0.2) is 4.79 Å². The molecule has 0 radical (unpaired) electrons. The fraction of sp³-hybridized carbons (Fsp3) is 0.588. The van der Waals surface area contributed by atoms with Crippen LogP contribution in [0.4, 0.5) is 4.79 Å². The first-order chi connectivity index (χ1) is 11.2. The molecule has 6 heteroatoms. The van der Waals surface area contributed by atoms with Gasteiger partial charge in [-0.15, -0.1) is 0 Å². The van der Waals surface area contributed by atoms with Gasteiger partial charge in [-0.1, -0.05) is 6.07 Å². The van der Waals surface area contributed by atoms with Crippen LogP contribution in [0.25, 0.3) is 0 Å². The molecule has 23 heavy (non-hydrogen) atoms. The van der Waals surface area contributed by atoms with Crippen molar-refractivity contribution in [3.63, 3.8) is 0 Å². The summed E-state index contributed by atoms with van der Waals surface area (Å²) in [4.78, 5) is 11.9. The fourth-order valence-corrected chi connectivity index (χ4v) is 2.91. The molecular formula is C17H24N2O4. The number of carbonyl (C=O) groups excluding carboxylic acids is 1. The minimum Gasteiger partial charge on any atom is -0.486 e. The molecule has 2 heterocycles. The predicted octanol–water partition coefficient (Wildman–Crippen LogP) is 1.87. The highest BCUT2D eigenvalue weighted by atomic mass is 16.6. The zero-order valence-electron chi connectivity index (χ0n) is 13.5. The first kappa shape index (κ1) is 15.9. The molecule has 126 valence electrons. The maximum Gasteiger partial charge on any atom is 0.315 e. The molecule has 0 aromatic heterocycles. The van der Waals surface area contributed by atoms with Gasteiger partial charge in [0.15, 0.2) is 11.5 Å². The van der Waals surface area contributed by atoms with E-state index in [1.165, 1.54) is 0 Å². The van der Waals surface area contributed by atoms with Crippen molar-refractivity contribution in [2.24, 2.45) is 0 Å². The van der Waals surface area contributed by atoms with Gasteiger partial charge >= 0.3 is 6.03 Å². The maximum absolute atomic E-state index is 11.9. The summed E-state index contributed by atoms with van der Waals surface area (Å²) >= 11 is 0. The van der Waals surface area contributed by atoms with Crippen LogP contribution in [0.2, 0.25) is 0 Å². The van der Waals surface area contributed by atoms with Gasteiger partial charge in [-0.3, -0.25) is 0 Å². The normalized spacial score (nSPS) is 20.8. The number of hydrogen-bond acceptors (Lipinski definition) is 4. The van der Waals surface area contributed by atoms with Crippen molar-refractivity contribution in [2.75, 3.05) is 26.4 Å². The average Bonchev–Trinajstić information content (AvgIpc) is 3.09. The van der Waals surface area contributed by atoms with Crippen LogP contribution in [-0.4, -0.2) is 44.5 Å². The van der Waals surface area contributed by atoms with Crippen LogP contribution in [0.1, 0.15) is 25.3 Å². The van der Waals surface area contributed by atoms with Gasteiger partial charge in [-0.05, 0) is 43.9 Å². The Balaban J connectivity index is 1.41. The Morgan fingerprint density at radius 3 is 2.87 bits per heavy atom. The van der Waals surface area contributed by atoms with E-state index in [0.717, 1.165) is 42.9 Å². The van der Waals surface area contributed by atoms with E-state index in [1.807, 2.05) is 25.1 Å². The smallest absolute Gasteiger partial charge is 0.315 e. The topological polar surface area (TPSA) is 68.8 Å². The molecule has 2 aliphatic rings. The third kappa shape index (κ3) is 4.28. The quantitative estimate of drug-likeness (QED) is 0.869. The van der Waals surface area contributed by atoms with Crippen LogP contribution in [0.15, 0.2) is 18.2 Å². The highest BCUT2D eigenvalue weighted by Gasteiger charge is 2.23. The number of nitrogens with one attached hydrogen (secondary N) is 2. The van der Waals surface area contributed by atoms with E-state index in [2.05, 4.69) is 10.6 Å². The maximum atomic E-state index is 11.9. The Morgan fingerprint density at radius 1 is 1.26 bits per heavy atom. The number of fused-ring (bicyclic) bond motifs is 1. The lowest BCUT2D eigenvalue weighted by Crippen LogP contribution is -2.46. The Hall–Kier alpha value is -1.95. The molecule has 6 nitrogen and oxygen atoms in total. The van der Waals surface area contributed by atoms with E-state index >= 15 is 0 Å². The van der Waals surface area contributed by atoms with Gasteiger partial charge in [0.2, 0.25) is 0 Å². The Labute approximate surface area is 136 Å². The molecule has 0 unspecified atom stereocenters. The summed E-state index contributed by atoms with van der Waals surface area (Å²) < 4.78 is 16.6. The minimum atomic E-state index is -0.148. The van der Waals surface area contributed by atoms with E-state index in [-0.39, 0.29) is 18.2 Å². The van der Waals surface area contributed by atoms with E-state index in [9.17, 15) is 4.79 Å².